The molecule has 1 heterocycles. The van der Waals surface area contributed by atoms with Gasteiger partial charge in [0.1, 0.15) is 5.82 Å². The molecule has 0 amide bonds. The fourth-order valence-electron chi connectivity index (χ4n) is 1.05. The van der Waals surface area contributed by atoms with Gasteiger partial charge in [-0.05, 0) is 27.7 Å². The van der Waals surface area contributed by atoms with Crippen molar-refractivity contribution in [1.82, 2.24) is 15.0 Å². The number of nitrogens with one attached hydrogen (secondary N) is 1. The molecule has 1 aromatic rings. The third-order valence-electron chi connectivity index (χ3n) is 1.68. The van der Waals surface area contributed by atoms with Gasteiger partial charge in [-0.3, -0.25) is 4.31 Å². The molecule has 0 unspecified atom stereocenters. The first-order valence-electron chi connectivity index (χ1n) is 4.98. The quantitative estimate of drug-likeness (QED) is 0.766. The average molecular weight is 227 g/mol. The van der Waals surface area contributed by atoms with Gasteiger partial charge in [-0.2, -0.15) is 15.0 Å². The summed E-state index contributed by atoms with van der Waals surface area (Å²) in [4.78, 5) is 12.7. The molecule has 1 aromatic heterocycles. The van der Waals surface area contributed by atoms with Gasteiger partial charge in [0.2, 0.25) is 11.9 Å². The monoisotopic (exact) mass is 227 g/mol. The minimum atomic E-state index is 0.301. The molecule has 0 saturated heterocycles. The highest BCUT2D eigenvalue weighted by Gasteiger charge is 2.08. The molecule has 0 aliphatic carbocycles. The summed E-state index contributed by atoms with van der Waals surface area (Å²) in [7, 11) is 0. The number of hydrogen-bond donors (Lipinski definition) is 2. The van der Waals surface area contributed by atoms with Crippen LogP contribution >= 0.6 is 12.8 Å². The summed E-state index contributed by atoms with van der Waals surface area (Å²) in [6, 6.07) is 0.301. The van der Waals surface area contributed by atoms with Crippen LogP contribution in [0.5, 0.6) is 0 Å². The SMILES string of the molecule is CCN(S)c1nc(C)nc(NC(C)C)n1. The van der Waals surface area contributed by atoms with Crippen LogP contribution in [0.25, 0.3) is 0 Å². The predicted molar refractivity (Wildman–Crippen MR) is 65.3 cm³/mol. The molecule has 1 N–H and O–H groups in total. The molecule has 5 nitrogen and oxygen atoms in total. The summed E-state index contributed by atoms with van der Waals surface area (Å²) in [5.41, 5.74) is 0. The minimum Gasteiger partial charge on any atom is -0.352 e. The van der Waals surface area contributed by atoms with Crippen LogP contribution < -0.4 is 9.62 Å². The number of aryl methyl sites for hydroxylation is 1. The van der Waals surface area contributed by atoms with Crippen molar-refractivity contribution in [1.29, 1.82) is 0 Å². The lowest BCUT2D eigenvalue weighted by Crippen LogP contribution is -2.18. The Morgan fingerprint density at radius 1 is 1.33 bits per heavy atom. The normalized spacial score (nSPS) is 10.5. The van der Waals surface area contributed by atoms with Crippen LogP contribution in [-0.4, -0.2) is 27.5 Å². The molecule has 0 fully saturated rings. The summed E-state index contributed by atoms with van der Waals surface area (Å²) in [5, 5.41) is 3.14. The zero-order valence-corrected chi connectivity index (χ0v) is 10.4. The second-order valence-electron chi connectivity index (χ2n) is 3.52. The van der Waals surface area contributed by atoms with Gasteiger partial charge in [0.15, 0.2) is 0 Å². The maximum absolute atomic E-state index is 4.26. The Balaban J connectivity index is 2.94. The fraction of sp³-hybridized carbons (Fsp3) is 0.667. The van der Waals surface area contributed by atoms with Crippen LogP contribution in [-0.2, 0) is 0 Å². The molecule has 0 spiro atoms. The smallest absolute Gasteiger partial charge is 0.240 e. The number of hydrogen-bond acceptors (Lipinski definition) is 6. The van der Waals surface area contributed by atoms with Gasteiger partial charge in [-0.25, -0.2) is 0 Å². The molecular weight excluding hydrogens is 210 g/mol. The van der Waals surface area contributed by atoms with Gasteiger partial charge in [-0.1, -0.05) is 12.8 Å². The highest BCUT2D eigenvalue weighted by atomic mass is 32.1. The zero-order chi connectivity index (χ0) is 11.4. The molecule has 0 radical (unpaired) electrons. The van der Waals surface area contributed by atoms with E-state index in [0.29, 0.717) is 23.8 Å². The van der Waals surface area contributed by atoms with Crippen molar-refractivity contribution in [3.05, 3.63) is 5.82 Å². The highest BCUT2D eigenvalue weighted by molar-refractivity contribution is 7.81. The third-order valence-corrected chi connectivity index (χ3v) is 2.15. The van der Waals surface area contributed by atoms with Crippen LogP contribution in [0.15, 0.2) is 0 Å². The topological polar surface area (TPSA) is 53.9 Å². The summed E-state index contributed by atoms with van der Waals surface area (Å²) in [6.45, 7) is 8.65. The first-order chi connectivity index (χ1) is 7.02. The van der Waals surface area contributed by atoms with E-state index in [9.17, 15) is 0 Å². The number of anilines is 2. The largest absolute Gasteiger partial charge is 0.352 e. The maximum Gasteiger partial charge on any atom is 0.240 e. The van der Waals surface area contributed by atoms with E-state index in [2.05, 4.69) is 33.1 Å². The van der Waals surface area contributed by atoms with Crippen LogP contribution in [0, 0.1) is 6.92 Å². The van der Waals surface area contributed by atoms with Crippen molar-refractivity contribution in [3.8, 4) is 0 Å². The highest BCUT2D eigenvalue weighted by Crippen LogP contribution is 2.12. The summed E-state index contributed by atoms with van der Waals surface area (Å²) >= 11 is 4.26. The molecule has 0 atom stereocenters. The Morgan fingerprint density at radius 3 is 2.53 bits per heavy atom. The lowest BCUT2D eigenvalue weighted by Gasteiger charge is -2.15. The molecule has 0 bridgehead atoms. The van der Waals surface area contributed by atoms with E-state index < -0.39 is 0 Å². The molecule has 0 aromatic carbocycles. The Hall–Kier alpha value is -1.04. The van der Waals surface area contributed by atoms with Gasteiger partial charge in [0, 0.05) is 12.6 Å². The summed E-state index contributed by atoms with van der Waals surface area (Å²) in [5.74, 6) is 1.87. The van der Waals surface area contributed by atoms with Crippen molar-refractivity contribution < 1.29 is 0 Å². The molecule has 0 saturated carbocycles. The van der Waals surface area contributed by atoms with Crippen LogP contribution in [0.4, 0.5) is 11.9 Å². The number of nitrogens with zero attached hydrogens (tertiary/aromatic N) is 4. The molecule has 0 aliphatic heterocycles. The molecule has 1 rings (SSSR count). The van der Waals surface area contributed by atoms with E-state index in [1.54, 1.807) is 4.31 Å². The van der Waals surface area contributed by atoms with Crippen molar-refractivity contribution in [2.75, 3.05) is 16.2 Å². The van der Waals surface area contributed by atoms with Gasteiger partial charge < -0.3 is 5.32 Å². The second-order valence-corrected chi connectivity index (χ2v) is 4.00. The Labute approximate surface area is 95.9 Å². The van der Waals surface area contributed by atoms with Gasteiger partial charge in [0.05, 0.1) is 0 Å². The van der Waals surface area contributed by atoms with E-state index in [0.717, 1.165) is 6.54 Å². The van der Waals surface area contributed by atoms with E-state index in [1.807, 2.05) is 27.7 Å². The molecular formula is C9H17N5S. The Kier molecular flexibility index (Phi) is 4.14. The minimum absolute atomic E-state index is 0.301. The molecule has 15 heavy (non-hydrogen) atoms. The molecule has 0 aliphatic rings. The Morgan fingerprint density at radius 2 is 2.00 bits per heavy atom. The fourth-order valence-corrected chi connectivity index (χ4v) is 1.14. The maximum atomic E-state index is 4.26. The van der Waals surface area contributed by atoms with Gasteiger partial charge >= 0.3 is 0 Å². The summed E-state index contributed by atoms with van der Waals surface area (Å²) < 4.78 is 1.68. The van der Waals surface area contributed by atoms with Crippen molar-refractivity contribution in [2.45, 2.75) is 33.7 Å². The van der Waals surface area contributed by atoms with E-state index in [4.69, 9.17) is 0 Å². The van der Waals surface area contributed by atoms with Crippen molar-refractivity contribution in [3.63, 3.8) is 0 Å². The standard InChI is InChI=1S/C9H17N5S/c1-5-14(15)9-12-7(4)11-8(13-9)10-6(2)3/h6,15H,5H2,1-4H3,(H,10,11,12,13). The molecule has 6 heteroatoms. The van der Waals surface area contributed by atoms with Gasteiger partial charge in [-0.15, -0.1) is 0 Å². The van der Waals surface area contributed by atoms with Crippen LogP contribution in [0.3, 0.4) is 0 Å². The van der Waals surface area contributed by atoms with Crippen LogP contribution in [0.2, 0.25) is 0 Å². The van der Waals surface area contributed by atoms with E-state index in [1.165, 1.54) is 0 Å². The molecule has 84 valence electrons. The Bertz CT molecular complexity index is 328. The summed E-state index contributed by atoms with van der Waals surface area (Å²) in [6.07, 6.45) is 0. The lowest BCUT2D eigenvalue weighted by atomic mass is 10.4. The van der Waals surface area contributed by atoms with E-state index in [-0.39, 0.29) is 0 Å². The number of aromatic nitrogens is 3. The zero-order valence-electron chi connectivity index (χ0n) is 9.52. The lowest BCUT2D eigenvalue weighted by molar-refractivity contribution is 0.851. The predicted octanol–water partition coefficient (Wildman–Crippen LogP) is 1.67. The van der Waals surface area contributed by atoms with Crippen molar-refractivity contribution in [2.24, 2.45) is 0 Å². The number of thiol groups is 1. The van der Waals surface area contributed by atoms with Gasteiger partial charge in [0.25, 0.3) is 0 Å². The van der Waals surface area contributed by atoms with Crippen molar-refractivity contribution >= 4 is 24.7 Å². The average Bonchev–Trinajstić information content (AvgIpc) is 2.14. The van der Waals surface area contributed by atoms with E-state index >= 15 is 0 Å². The number of rotatable bonds is 4. The second kappa shape index (κ2) is 5.16. The first-order valence-corrected chi connectivity index (χ1v) is 5.38. The third kappa shape index (κ3) is 3.54. The first kappa shape index (κ1) is 12.0. The van der Waals surface area contributed by atoms with Crippen LogP contribution in [0.1, 0.15) is 26.6 Å².